The van der Waals surface area contributed by atoms with E-state index in [1.165, 1.54) is 0 Å². The van der Waals surface area contributed by atoms with E-state index in [-0.39, 0.29) is 0 Å². The predicted molar refractivity (Wildman–Crippen MR) is 72.6 cm³/mol. The summed E-state index contributed by atoms with van der Waals surface area (Å²) in [6.45, 7) is 6.01. The molecule has 0 amide bonds. The van der Waals surface area contributed by atoms with Crippen molar-refractivity contribution >= 4 is 29.2 Å². The molecule has 16 heavy (non-hydrogen) atoms. The van der Waals surface area contributed by atoms with Gasteiger partial charge in [0.1, 0.15) is 0 Å². The highest BCUT2D eigenvalue weighted by atomic mass is 35.5. The number of anilines is 1. The number of aromatic nitrogens is 2. The fourth-order valence-electron chi connectivity index (χ4n) is 1.32. The van der Waals surface area contributed by atoms with Crippen LogP contribution in [0, 0.1) is 13.8 Å². The molecule has 3 nitrogen and oxygen atoms in total. The van der Waals surface area contributed by atoms with Crippen molar-refractivity contribution in [2.75, 3.05) is 17.3 Å². The van der Waals surface area contributed by atoms with Gasteiger partial charge in [0.25, 0.3) is 0 Å². The fraction of sp³-hybridized carbons (Fsp3) is 0.636. The zero-order chi connectivity index (χ0) is 12.1. The molecule has 0 spiro atoms. The van der Waals surface area contributed by atoms with Gasteiger partial charge in [0.05, 0.1) is 11.4 Å². The number of hydrogen-bond acceptors (Lipinski definition) is 4. The van der Waals surface area contributed by atoms with Crippen molar-refractivity contribution < 1.29 is 0 Å². The number of hydrogen-bond donors (Lipinski definition) is 1. The summed E-state index contributed by atoms with van der Waals surface area (Å²) in [5, 5.41) is 3.80. The van der Waals surface area contributed by atoms with Gasteiger partial charge in [-0.1, -0.05) is 18.5 Å². The lowest BCUT2D eigenvalue weighted by atomic mass is 10.2. The molecule has 5 heteroatoms. The molecule has 0 saturated carbocycles. The summed E-state index contributed by atoms with van der Waals surface area (Å²) in [4.78, 5) is 8.68. The second-order valence-corrected chi connectivity index (χ2v) is 5.01. The van der Waals surface area contributed by atoms with Gasteiger partial charge < -0.3 is 5.32 Å². The van der Waals surface area contributed by atoms with Crippen molar-refractivity contribution in [2.24, 2.45) is 0 Å². The molecule has 0 radical (unpaired) electrons. The van der Waals surface area contributed by atoms with E-state index in [0.29, 0.717) is 17.0 Å². The summed E-state index contributed by atoms with van der Waals surface area (Å²) in [5.41, 5.74) is 1.80. The van der Waals surface area contributed by atoms with E-state index >= 15 is 0 Å². The Morgan fingerprint density at radius 3 is 2.50 bits per heavy atom. The molecule has 0 saturated heterocycles. The van der Waals surface area contributed by atoms with Crippen LogP contribution in [0.1, 0.15) is 24.7 Å². The van der Waals surface area contributed by atoms with Gasteiger partial charge >= 0.3 is 0 Å². The highest BCUT2D eigenvalue weighted by Gasteiger charge is 2.11. The maximum Gasteiger partial charge on any atom is 0.171 e. The van der Waals surface area contributed by atoms with Crippen LogP contribution in [0.3, 0.4) is 0 Å². The van der Waals surface area contributed by atoms with Crippen LogP contribution in [0.15, 0.2) is 0 Å². The second kappa shape index (κ2) is 6.30. The van der Waals surface area contributed by atoms with E-state index in [4.69, 9.17) is 11.6 Å². The van der Waals surface area contributed by atoms with Crippen LogP contribution in [-0.2, 0) is 0 Å². The average molecular weight is 260 g/mol. The van der Waals surface area contributed by atoms with Gasteiger partial charge in [0, 0.05) is 11.8 Å². The average Bonchev–Trinajstić information content (AvgIpc) is 2.25. The zero-order valence-corrected chi connectivity index (χ0v) is 11.7. The maximum atomic E-state index is 6.06. The summed E-state index contributed by atoms with van der Waals surface area (Å²) in [6.07, 6.45) is 3.14. The Morgan fingerprint density at radius 2 is 1.94 bits per heavy atom. The molecule has 0 fully saturated rings. The molecular weight excluding hydrogens is 242 g/mol. The third-order valence-electron chi connectivity index (χ3n) is 2.47. The number of nitrogens with one attached hydrogen (secondary N) is 1. The first-order chi connectivity index (χ1) is 7.58. The summed E-state index contributed by atoms with van der Waals surface area (Å²) >= 11 is 7.87. The molecule has 1 unspecified atom stereocenters. The van der Waals surface area contributed by atoms with Crippen molar-refractivity contribution in [1.29, 1.82) is 0 Å². The first-order valence-corrected chi connectivity index (χ1v) is 7.11. The molecule has 0 bridgehead atoms. The van der Waals surface area contributed by atoms with Crippen LogP contribution in [0.2, 0.25) is 5.15 Å². The van der Waals surface area contributed by atoms with Gasteiger partial charge in [-0.3, -0.25) is 0 Å². The fourth-order valence-corrected chi connectivity index (χ4v) is 2.27. The molecule has 90 valence electrons. The monoisotopic (exact) mass is 259 g/mol. The second-order valence-electron chi connectivity index (χ2n) is 3.74. The first kappa shape index (κ1) is 13.6. The van der Waals surface area contributed by atoms with Crippen LogP contribution >= 0.6 is 23.4 Å². The van der Waals surface area contributed by atoms with E-state index < -0.39 is 0 Å². The van der Waals surface area contributed by atoms with Crippen LogP contribution in [0.5, 0.6) is 0 Å². The van der Waals surface area contributed by atoms with Gasteiger partial charge in [0.2, 0.25) is 0 Å². The summed E-state index contributed by atoms with van der Waals surface area (Å²) in [5.74, 6) is 1.74. The lowest BCUT2D eigenvalue weighted by Crippen LogP contribution is -2.22. The molecule has 1 rings (SSSR count). The molecule has 0 aromatic carbocycles. The van der Waals surface area contributed by atoms with Crippen LogP contribution in [-0.4, -0.2) is 28.0 Å². The van der Waals surface area contributed by atoms with Gasteiger partial charge in [-0.2, -0.15) is 11.8 Å². The van der Waals surface area contributed by atoms with Crippen molar-refractivity contribution in [2.45, 2.75) is 33.2 Å². The normalized spacial score (nSPS) is 12.6. The Hall–Kier alpha value is -0.480. The van der Waals surface area contributed by atoms with E-state index in [1.54, 1.807) is 0 Å². The van der Waals surface area contributed by atoms with Gasteiger partial charge in [-0.05, 0) is 26.5 Å². The molecule has 1 atom stereocenters. The van der Waals surface area contributed by atoms with E-state index in [2.05, 4.69) is 28.5 Å². The first-order valence-electron chi connectivity index (χ1n) is 5.34. The SMILES string of the molecule is CCC(CSC)Nc1nc(C)c(C)nc1Cl. The highest BCUT2D eigenvalue weighted by molar-refractivity contribution is 7.98. The zero-order valence-electron chi connectivity index (χ0n) is 10.2. The van der Waals surface area contributed by atoms with E-state index in [0.717, 1.165) is 23.6 Å². The molecular formula is C11H18ClN3S. The lowest BCUT2D eigenvalue weighted by Gasteiger charge is -2.17. The Bertz CT molecular complexity index is 357. The predicted octanol–water partition coefficient (Wildman–Crippen LogP) is 3.30. The summed E-state index contributed by atoms with van der Waals surface area (Å²) in [7, 11) is 0. The number of aryl methyl sites for hydroxylation is 2. The number of thioether (sulfide) groups is 1. The van der Waals surface area contributed by atoms with Gasteiger partial charge in [-0.15, -0.1) is 0 Å². The van der Waals surface area contributed by atoms with Crippen molar-refractivity contribution in [3.8, 4) is 0 Å². The molecule has 1 heterocycles. The van der Waals surface area contributed by atoms with Crippen molar-refractivity contribution in [3.05, 3.63) is 16.5 Å². The van der Waals surface area contributed by atoms with Crippen molar-refractivity contribution in [3.63, 3.8) is 0 Å². The molecule has 0 aliphatic rings. The van der Waals surface area contributed by atoms with Crippen LogP contribution in [0.25, 0.3) is 0 Å². The molecule has 0 aliphatic heterocycles. The molecule has 1 N–H and O–H groups in total. The van der Waals surface area contributed by atoms with Gasteiger partial charge in [-0.25, -0.2) is 9.97 Å². The quantitative estimate of drug-likeness (QED) is 0.881. The minimum absolute atomic E-state index is 0.393. The molecule has 0 aliphatic carbocycles. The number of halogens is 1. The number of nitrogens with zero attached hydrogens (tertiary/aromatic N) is 2. The smallest absolute Gasteiger partial charge is 0.171 e. The van der Waals surface area contributed by atoms with Crippen LogP contribution < -0.4 is 5.32 Å². The van der Waals surface area contributed by atoms with E-state index in [1.807, 2.05) is 25.6 Å². The number of rotatable bonds is 5. The Kier molecular flexibility index (Phi) is 5.35. The van der Waals surface area contributed by atoms with Gasteiger partial charge in [0.15, 0.2) is 11.0 Å². The Morgan fingerprint density at radius 1 is 1.31 bits per heavy atom. The topological polar surface area (TPSA) is 37.8 Å². The summed E-state index contributed by atoms with van der Waals surface area (Å²) < 4.78 is 0. The Balaban J connectivity index is 2.83. The maximum absolute atomic E-state index is 6.06. The minimum atomic E-state index is 0.393. The third-order valence-corrected chi connectivity index (χ3v) is 3.47. The standard InChI is InChI=1S/C11H18ClN3S/c1-5-9(6-16-4)15-11-10(12)13-7(2)8(3)14-11/h9H,5-6H2,1-4H3,(H,14,15). The molecule has 1 aromatic heterocycles. The third kappa shape index (κ3) is 3.52. The van der Waals surface area contributed by atoms with Crippen molar-refractivity contribution in [1.82, 2.24) is 9.97 Å². The lowest BCUT2D eigenvalue weighted by molar-refractivity contribution is 0.767. The Labute approximate surface area is 106 Å². The molecule has 1 aromatic rings. The highest BCUT2D eigenvalue weighted by Crippen LogP contribution is 2.20. The van der Waals surface area contributed by atoms with E-state index in [9.17, 15) is 0 Å². The van der Waals surface area contributed by atoms with Crippen LogP contribution in [0.4, 0.5) is 5.82 Å². The minimum Gasteiger partial charge on any atom is -0.364 e. The summed E-state index contributed by atoms with van der Waals surface area (Å²) in [6, 6.07) is 0.393. The largest absolute Gasteiger partial charge is 0.364 e.